The summed E-state index contributed by atoms with van der Waals surface area (Å²) in [6.07, 6.45) is -0.432. The van der Waals surface area contributed by atoms with Crippen LogP contribution in [0.2, 0.25) is 0 Å². The van der Waals surface area contributed by atoms with Crippen LogP contribution in [0.4, 0.5) is 8.78 Å². The van der Waals surface area contributed by atoms with Gasteiger partial charge in [-0.15, -0.1) is 0 Å². The number of benzene rings is 1. The molecule has 1 atom stereocenters. The minimum atomic E-state index is -2.86. The zero-order valence-corrected chi connectivity index (χ0v) is 13.8. The van der Waals surface area contributed by atoms with E-state index in [9.17, 15) is 13.6 Å². The van der Waals surface area contributed by atoms with E-state index < -0.39 is 30.8 Å². The van der Waals surface area contributed by atoms with E-state index in [1.165, 1.54) is 7.05 Å². The van der Waals surface area contributed by atoms with Crippen molar-refractivity contribution in [3.05, 3.63) is 41.5 Å². The highest BCUT2D eigenvalue weighted by Gasteiger charge is 2.47. The Labute approximate surface area is 143 Å². The molecule has 0 radical (unpaired) electrons. The van der Waals surface area contributed by atoms with Gasteiger partial charge in [-0.05, 0) is 17.7 Å². The van der Waals surface area contributed by atoms with Gasteiger partial charge >= 0.3 is 0 Å². The maximum Gasteiger partial charge on any atom is 0.292 e. The third kappa shape index (κ3) is 3.76. The Hall–Kier alpha value is -2.55. The third-order valence-corrected chi connectivity index (χ3v) is 4.07. The number of ether oxygens (including phenoxy) is 1. The third-order valence-electron chi connectivity index (χ3n) is 4.07. The highest BCUT2D eigenvalue weighted by molar-refractivity contribution is 5.89. The fourth-order valence-electron chi connectivity index (χ4n) is 2.83. The van der Waals surface area contributed by atoms with Crippen LogP contribution in [-0.4, -0.2) is 47.6 Å². The summed E-state index contributed by atoms with van der Waals surface area (Å²) in [7, 11) is 2.99. The predicted molar refractivity (Wildman–Crippen MR) is 83.4 cm³/mol. The first kappa shape index (κ1) is 17.3. The molecule has 1 fully saturated rings. The van der Waals surface area contributed by atoms with Gasteiger partial charge in [0.15, 0.2) is 0 Å². The van der Waals surface area contributed by atoms with Crippen LogP contribution >= 0.6 is 0 Å². The van der Waals surface area contributed by atoms with Crippen molar-refractivity contribution in [3.63, 3.8) is 0 Å². The molecule has 7 nitrogen and oxygen atoms in total. The SMILES string of the molecule is CNC(=O)c1noc([C@@H]2CC(F)(F)CN2Cc2ccc(OC)cc2)n1. The molecule has 0 unspecified atom stereocenters. The lowest BCUT2D eigenvalue weighted by Crippen LogP contribution is -2.26. The molecule has 1 aromatic heterocycles. The quantitative estimate of drug-likeness (QED) is 0.887. The summed E-state index contributed by atoms with van der Waals surface area (Å²) in [6, 6.07) is 6.43. The predicted octanol–water partition coefficient (Wildman–Crippen LogP) is 2.02. The molecular formula is C16H18F2N4O3. The Morgan fingerprint density at radius 2 is 2.16 bits per heavy atom. The van der Waals surface area contributed by atoms with Crippen molar-refractivity contribution in [1.29, 1.82) is 0 Å². The second kappa shape index (κ2) is 6.75. The van der Waals surface area contributed by atoms with E-state index >= 15 is 0 Å². The Kier molecular flexibility index (Phi) is 4.67. The highest BCUT2D eigenvalue weighted by atomic mass is 19.3. The van der Waals surface area contributed by atoms with E-state index in [2.05, 4.69) is 15.5 Å². The van der Waals surface area contributed by atoms with E-state index in [4.69, 9.17) is 9.26 Å². The second-order valence-electron chi connectivity index (χ2n) is 5.86. The lowest BCUT2D eigenvalue weighted by molar-refractivity contribution is 0.0112. The van der Waals surface area contributed by atoms with E-state index in [0.29, 0.717) is 12.3 Å². The molecule has 134 valence electrons. The molecule has 1 saturated heterocycles. The van der Waals surface area contributed by atoms with Crippen LogP contribution in [0.25, 0.3) is 0 Å². The van der Waals surface area contributed by atoms with Crippen molar-refractivity contribution >= 4 is 5.91 Å². The molecule has 1 aliphatic heterocycles. The number of nitrogens with one attached hydrogen (secondary N) is 1. The van der Waals surface area contributed by atoms with Crippen LogP contribution < -0.4 is 10.1 Å². The Morgan fingerprint density at radius 1 is 1.44 bits per heavy atom. The molecule has 1 aromatic carbocycles. The molecule has 0 spiro atoms. The Balaban J connectivity index is 1.80. The van der Waals surface area contributed by atoms with Crippen LogP contribution in [0.5, 0.6) is 5.75 Å². The van der Waals surface area contributed by atoms with Gasteiger partial charge in [-0.2, -0.15) is 4.98 Å². The summed E-state index contributed by atoms with van der Waals surface area (Å²) in [5, 5.41) is 5.92. The van der Waals surface area contributed by atoms with Gasteiger partial charge in [0, 0.05) is 20.0 Å². The van der Waals surface area contributed by atoms with Gasteiger partial charge in [-0.1, -0.05) is 17.3 Å². The normalized spacial score (nSPS) is 19.8. The smallest absolute Gasteiger partial charge is 0.292 e. The summed E-state index contributed by atoms with van der Waals surface area (Å²) in [5.41, 5.74) is 0.856. The zero-order valence-electron chi connectivity index (χ0n) is 13.8. The molecule has 1 amide bonds. The van der Waals surface area contributed by atoms with Crippen molar-refractivity contribution in [2.24, 2.45) is 0 Å². The molecule has 1 N–H and O–H groups in total. The molecule has 0 aliphatic carbocycles. The molecule has 9 heteroatoms. The Morgan fingerprint density at radius 3 is 2.80 bits per heavy atom. The van der Waals surface area contributed by atoms with E-state index in [0.717, 1.165) is 5.56 Å². The average Bonchev–Trinajstić information content (AvgIpc) is 3.19. The van der Waals surface area contributed by atoms with Crippen LogP contribution in [-0.2, 0) is 6.54 Å². The molecule has 3 rings (SSSR count). The summed E-state index contributed by atoms with van der Waals surface area (Å²) in [5.74, 6) is -2.85. The molecule has 0 saturated carbocycles. The van der Waals surface area contributed by atoms with Crippen molar-refractivity contribution in [1.82, 2.24) is 20.4 Å². The number of rotatable bonds is 5. The number of amides is 1. The average molecular weight is 352 g/mol. The molecule has 2 heterocycles. The number of nitrogens with zero attached hydrogens (tertiary/aromatic N) is 3. The van der Waals surface area contributed by atoms with E-state index in [1.807, 2.05) is 12.1 Å². The first-order chi connectivity index (χ1) is 11.9. The molecule has 0 bridgehead atoms. The second-order valence-corrected chi connectivity index (χ2v) is 5.86. The van der Waals surface area contributed by atoms with Gasteiger partial charge in [0.2, 0.25) is 5.89 Å². The largest absolute Gasteiger partial charge is 0.497 e. The minimum absolute atomic E-state index is 0.0179. The Bertz CT molecular complexity index is 748. The molecule has 2 aromatic rings. The summed E-state index contributed by atoms with van der Waals surface area (Å²) < 4.78 is 38.1. The highest BCUT2D eigenvalue weighted by Crippen LogP contribution is 2.41. The van der Waals surface area contributed by atoms with Gasteiger partial charge < -0.3 is 14.6 Å². The number of halogens is 2. The van der Waals surface area contributed by atoms with Crippen molar-refractivity contribution in [2.45, 2.75) is 24.9 Å². The molecule has 25 heavy (non-hydrogen) atoms. The van der Waals surface area contributed by atoms with Crippen LogP contribution in [0.3, 0.4) is 0 Å². The topological polar surface area (TPSA) is 80.5 Å². The molecular weight excluding hydrogens is 334 g/mol. The van der Waals surface area contributed by atoms with Crippen LogP contribution in [0, 0.1) is 0 Å². The lowest BCUT2D eigenvalue weighted by atomic mass is 10.1. The number of methoxy groups -OCH3 is 1. The van der Waals surface area contributed by atoms with E-state index in [-0.39, 0.29) is 11.7 Å². The van der Waals surface area contributed by atoms with Gasteiger partial charge in [0.25, 0.3) is 17.7 Å². The van der Waals surface area contributed by atoms with Crippen LogP contribution in [0.15, 0.2) is 28.8 Å². The van der Waals surface area contributed by atoms with Crippen molar-refractivity contribution < 1.29 is 22.8 Å². The monoisotopic (exact) mass is 352 g/mol. The number of aromatic nitrogens is 2. The van der Waals surface area contributed by atoms with Crippen molar-refractivity contribution in [3.8, 4) is 5.75 Å². The fourth-order valence-corrected chi connectivity index (χ4v) is 2.83. The van der Waals surface area contributed by atoms with E-state index in [1.54, 1.807) is 24.1 Å². The first-order valence-corrected chi connectivity index (χ1v) is 7.72. The number of hydrogen-bond acceptors (Lipinski definition) is 6. The first-order valence-electron chi connectivity index (χ1n) is 7.72. The van der Waals surface area contributed by atoms with Gasteiger partial charge in [0.05, 0.1) is 19.7 Å². The molecule has 1 aliphatic rings. The van der Waals surface area contributed by atoms with Gasteiger partial charge in [-0.25, -0.2) is 8.78 Å². The summed E-state index contributed by atoms with van der Waals surface area (Å²) >= 11 is 0. The maximum absolute atomic E-state index is 14.0. The number of carbonyl (C=O) groups excluding carboxylic acids is 1. The standard InChI is InChI=1S/C16H18F2N4O3/c1-19-14(23)13-20-15(25-21-13)12-7-16(17,18)9-22(12)8-10-3-5-11(24-2)6-4-10/h3-6,12H,7-9H2,1-2H3,(H,19,23)/t12-/m0/s1. The number of hydrogen-bond donors (Lipinski definition) is 1. The number of alkyl halides is 2. The summed E-state index contributed by atoms with van der Waals surface area (Å²) in [6.45, 7) is -0.122. The van der Waals surface area contributed by atoms with Gasteiger partial charge in [-0.3, -0.25) is 9.69 Å². The fraction of sp³-hybridized carbons (Fsp3) is 0.438. The zero-order chi connectivity index (χ0) is 18.0. The van der Waals surface area contributed by atoms with Gasteiger partial charge in [0.1, 0.15) is 5.75 Å². The van der Waals surface area contributed by atoms with Crippen molar-refractivity contribution in [2.75, 3.05) is 20.7 Å². The minimum Gasteiger partial charge on any atom is -0.497 e. The number of carbonyl (C=O) groups is 1. The maximum atomic E-state index is 14.0. The lowest BCUT2D eigenvalue weighted by Gasteiger charge is -2.20. The summed E-state index contributed by atoms with van der Waals surface area (Å²) in [4.78, 5) is 17.1. The van der Waals surface area contributed by atoms with Crippen LogP contribution in [0.1, 0.15) is 34.5 Å². The number of likely N-dealkylation sites (tertiary alicyclic amines) is 1.